The van der Waals surface area contributed by atoms with Crippen LogP contribution in [0.3, 0.4) is 0 Å². The summed E-state index contributed by atoms with van der Waals surface area (Å²) in [6, 6.07) is 14.0. The third kappa shape index (κ3) is 3.71. The Labute approximate surface area is 214 Å². The predicted molar refractivity (Wildman–Crippen MR) is 139 cm³/mol. The highest BCUT2D eigenvalue weighted by molar-refractivity contribution is 5.93. The first-order valence-electron chi connectivity index (χ1n) is 12.3. The van der Waals surface area contributed by atoms with Gasteiger partial charge in [-0.05, 0) is 56.9 Å². The van der Waals surface area contributed by atoms with Crippen LogP contribution in [-0.2, 0) is 14.9 Å². The molecule has 0 amide bonds. The first-order valence-corrected chi connectivity index (χ1v) is 12.3. The summed E-state index contributed by atoms with van der Waals surface area (Å²) in [5.74, 6) is 0.538. The standard InChI is InChI=1S/C29H27N5O3/c1-17-25(19(3)37-33-17)24-15-31-26-22(16-34(27(26)32-24)18(2)23-7-5-6-14-30-23)20-8-10-21(11-9-20)29(12-13-29)28(35)36-4/h5-11,14-16,18H,12-13H2,1-4H3/t18-/m0/s1. The number of methoxy groups -OCH3 is 1. The molecular formula is C29H27N5O3. The van der Waals surface area contributed by atoms with Crippen LogP contribution in [0.4, 0.5) is 0 Å². The summed E-state index contributed by atoms with van der Waals surface area (Å²) < 4.78 is 12.6. The van der Waals surface area contributed by atoms with Gasteiger partial charge in [0.25, 0.3) is 0 Å². The van der Waals surface area contributed by atoms with Gasteiger partial charge in [-0.25, -0.2) is 9.97 Å². The fourth-order valence-corrected chi connectivity index (χ4v) is 5.15. The zero-order valence-electron chi connectivity index (χ0n) is 21.2. The Morgan fingerprint density at radius 1 is 1.11 bits per heavy atom. The summed E-state index contributed by atoms with van der Waals surface area (Å²) in [5, 5.41) is 4.09. The van der Waals surface area contributed by atoms with E-state index in [0.717, 1.165) is 57.6 Å². The van der Waals surface area contributed by atoms with Crippen LogP contribution in [0.15, 0.2) is 65.6 Å². The maximum atomic E-state index is 12.4. The number of rotatable bonds is 6. The van der Waals surface area contributed by atoms with Crippen LogP contribution in [0.2, 0.25) is 0 Å². The van der Waals surface area contributed by atoms with Crippen molar-refractivity contribution in [1.82, 2.24) is 24.7 Å². The molecule has 6 rings (SSSR count). The molecule has 1 aliphatic carbocycles. The number of aryl methyl sites for hydroxylation is 2. The summed E-state index contributed by atoms with van der Waals surface area (Å²) in [7, 11) is 1.45. The molecule has 1 atom stereocenters. The number of nitrogens with zero attached hydrogens (tertiary/aromatic N) is 5. The molecule has 0 radical (unpaired) electrons. The topological polar surface area (TPSA) is 95.9 Å². The SMILES string of the molecule is COC(=O)C1(c2ccc(-c3cn([C@@H](C)c4ccccn4)c4nc(-c5c(C)noc5C)cnc34)cc2)CC1. The van der Waals surface area contributed by atoms with Crippen LogP contribution in [0, 0.1) is 13.8 Å². The van der Waals surface area contributed by atoms with E-state index in [0.29, 0.717) is 11.5 Å². The summed E-state index contributed by atoms with van der Waals surface area (Å²) >= 11 is 0. The van der Waals surface area contributed by atoms with Gasteiger partial charge in [-0.15, -0.1) is 0 Å². The number of aromatic nitrogens is 5. The Bertz CT molecular complexity index is 1600. The first-order chi connectivity index (χ1) is 17.9. The Morgan fingerprint density at radius 2 is 1.89 bits per heavy atom. The zero-order valence-corrected chi connectivity index (χ0v) is 21.2. The molecule has 5 aromatic rings. The lowest BCUT2D eigenvalue weighted by Gasteiger charge is -2.14. The van der Waals surface area contributed by atoms with Crippen molar-refractivity contribution in [1.29, 1.82) is 0 Å². The molecule has 1 fully saturated rings. The Kier molecular flexibility index (Phi) is 5.40. The van der Waals surface area contributed by atoms with Crippen molar-refractivity contribution < 1.29 is 14.1 Å². The molecule has 1 aromatic carbocycles. The molecule has 37 heavy (non-hydrogen) atoms. The van der Waals surface area contributed by atoms with Crippen molar-refractivity contribution in [3.05, 3.63) is 83.8 Å². The average Bonchev–Trinajstić information content (AvgIpc) is 3.57. The maximum absolute atomic E-state index is 12.4. The van der Waals surface area contributed by atoms with Crippen LogP contribution < -0.4 is 0 Å². The van der Waals surface area contributed by atoms with Crippen LogP contribution in [0.1, 0.15) is 48.5 Å². The number of carbonyl (C=O) groups is 1. The predicted octanol–water partition coefficient (Wildman–Crippen LogP) is 5.58. The van der Waals surface area contributed by atoms with E-state index in [-0.39, 0.29) is 12.0 Å². The van der Waals surface area contributed by atoms with Crippen molar-refractivity contribution in [2.24, 2.45) is 0 Å². The maximum Gasteiger partial charge on any atom is 0.316 e. The molecular weight excluding hydrogens is 466 g/mol. The fraction of sp³-hybridized carbons (Fsp3) is 0.276. The summed E-state index contributed by atoms with van der Waals surface area (Å²) in [5.41, 5.74) is 7.27. The van der Waals surface area contributed by atoms with E-state index < -0.39 is 5.41 Å². The van der Waals surface area contributed by atoms with Crippen molar-refractivity contribution >= 4 is 17.1 Å². The van der Waals surface area contributed by atoms with Crippen LogP contribution >= 0.6 is 0 Å². The van der Waals surface area contributed by atoms with Crippen LogP contribution in [0.5, 0.6) is 0 Å². The highest BCUT2D eigenvalue weighted by Crippen LogP contribution is 2.49. The monoisotopic (exact) mass is 493 g/mol. The first kappa shape index (κ1) is 23.1. The number of pyridine rings is 1. The molecule has 0 saturated heterocycles. The van der Waals surface area contributed by atoms with E-state index in [2.05, 4.69) is 27.8 Å². The zero-order chi connectivity index (χ0) is 25.7. The largest absolute Gasteiger partial charge is 0.468 e. The number of esters is 1. The summed E-state index contributed by atoms with van der Waals surface area (Å²) in [6.45, 7) is 5.89. The van der Waals surface area contributed by atoms with E-state index in [1.807, 2.05) is 56.3 Å². The minimum Gasteiger partial charge on any atom is -0.468 e. The van der Waals surface area contributed by atoms with Gasteiger partial charge >= 0.3 is 5.97 Å². The molecule has 0 bridgehead atoms. The second-order valence-corrected chi connectivity index (χ2v) is 9.66. The van der Waals surface area contributed by atoms with Gasteiger partial charge in [0.2, 0.25) is 0 Å². The van der Waals surface area contributed by atoms with Crippen molar-refractivity contribution in [3.8, 4) is 22.4 Å². The lowest BCUT2D eigenvalue weighted by atomic mass is 9.94. The second-order valence-electron chi connectivity index (χ2n) is 9.66. The van der Waals surface area contributed by atoms with E-state index in [1.54, 1.807) is 12.4 Å². The number of benzene rings is 1. The molecule has 0 spiro atoms. The van der Waals surface area contributed by atoms with Crippen molar-refractivity contribution in [2.45, 2.75) is 45.1 Å². The van der Waals surface area contributed by atoms with Crippen LogP contribution in [-0.4, -0.2) is 37.8 Å². The molecule has 8 heteroatoms. The van der Waals surface area contributed by atoms with E-state index >= 15 is 0 Å². The van der Waals surface area contributed by atoms with Gasteiger partial charge in [-0.3, -0.25) is 9.78 Å². The molecule has 0 aliphatic heterocycles. The molecule has 186 valence electrons. The lowest BCUT2D eigenvalue weighted by Crippen LogP contribution is -2.21. The fourth-order valence-electron chi connectivity index (χ4n) is 5.15. The minimum atomic E-state index is -0.502. The number of fused-ring (bicyclic) bond motifs is 1. The van der Waals surface area contributed by atoms with E-state index in [4.69, 9.17) is 19.2 Å². The summed E-state index contributed by atoms with van der Waals surface area (Å²) in [4.78, 5) is 26.8. The van der Waals surface area contributed by atoms with E-state index in [9.17, 15) is 4.79 Å². The minimum absolute atomic E-state index is 0.0694. The Hall–Kier alpha value is -4.33. The highest BCUT2D eigenvalue weighted by Gasteiger charge is 2.52. The van der Waals surface area contributed by atoms with Gasteiger partial charge in [-0.2, -0.15) is 0 Å². The molecule has 1 aliphatic rings. The molecule has 8 nitrogen and oxygen atoms in total. The van der Waals surface area contributed by atoms with Crippen molar-refractivity contribution in [2.75, 3.05) is 7.11 Å². The van der Waals surface area contributed by atoms with Gasteiger partial charge in [0, 0.05) is 18.0 Å². The highest BCUT2D eigenvalue weighted by atomic mass is 16.5. The average molecular weight is 494 g/mol. The molecule has 0 N–H and O–H groups in total. The number of carbonyl (C=O) groups excluding carboxylic acids is 1. The smallest absolute Gasteiger partial charge is 0.316 e. The quantitative estimate of drug-likeness (QED) is 0.285. The number of ether oxygens (including phenoxy) is 1. The van der Waals surface area contributed by atoms with Gasteiger partial charge in [0.05, 0.1) is 47.4 Å². The molecule has 0 unspecified atom stereocenters. The van der Waals surface area contributed by atoms with Gasteiger partial charge < -0.3 is 13.8 Å². The molecule has 4 aromatic heterocycles. The summed E-state index contributed by atoms with van der Waals surface area (Å²) in [6.07, 6.45) is 7.29. The molecule has 1 saturated carbocycles. The van der Waals surface area contributed by atoms with Gasteiger partial charge in [-0.1, -0.05) is 35.5 Å². The molecule has 4 heterocycles. The third-order valence-electron chi connectivity index (χ3n) is 7.42. The van der Waals surface area contributed by atoms with Crippen LogP contribution in [0.25, 0.3) is 33.5 Å². The van der Waals surface area contributed by atoms with E-state index in [1.165, 1.54) is 7.11 Å². The Morgan fingerprint density at radius 3 is 2.51 bits per heavy atom. The van der Waals surface area contributed by atoms with Crippen molar-refractivity contribution in [3.63, 3.8) is 0 Å². The lowest BCUT2D eigenvalue weighted by molar-refractivity contribution is -0.143. The van der Waals surface area contributed by atoms with Gasteiger partial charge in [0.1, 0.15) is 11.3 Å². The normalized spacial score (nSPS) is 15.0. The third-order valence-corrected chi connectivity index (χ3v) is 7.42. The number of hydrogen-bond acceptors (Lipinski definition) is 7. The Balaban J connectivity index is 1.49. The van der Waals surface area contributed by atoms with Gasteiger partial charge in [0.15, 0.2) is 5.65 Å². The number of hydrogen-bond donors (Lipinski definition) is 0. The second kappa shape index (κ2) is 8.65.